The van der Waals surface area contributed by atoms with Crippen molar-refractivity contribution in [1.29, 1.82) is 0 Å². The summed E-state index contributed by atoms with van der Waals surface area (Å²) in [6, 6.07) is 3.74. The molecule has 0 saturated carbocycles. The van der Waals surface area contributed by atoms with Gasteiger partial charge in [0.05, 0.1) is 0 Å². The molecular weight excluding hydrogens is 226 g/mol. The molecule has 1 aromatic rings. The maximum absolute atomic E-state index is 11.1. The molecule has 0 spiro atoms. The minimum absolute atomic E-state index is 0.346. The SMILES string of the molecule is CC(C)C1CCN(c2ccnc(C(N)=O)c2)CC1. The molecule has 1 aliphatic rings. The molecular formula is C14H21N3O. The third-order valence-corrected chi connectivity index (χ3v) is 3.84. The van der Waals surface area contributed by atoms with Gasteiger partial charge < -0.3 is 10.6 Å². The summed E-state index contributed by atoms with van der Waals surface area (Å²) < 4.78 is 0. The van der Waals surface area contributed by atoms with Crippen LogP contribution >= 0.6 is 0 Å². The smallest absolute Gasteiger partial charge is 0.267 e. The average Bonchev–Trinajstić information content (AvgIpc) is 2.39. The molecule has 1 aliphatic heterocycles. The van der Waals surface area contributed by atoms with Gasteiger partial charge in [-0.1, -0.05) is 13.8 Å². The molecule has 1 saturated heterocycles. The van der Waals surface area contributed by atoms with E-state index in [1.54, 1.807) is 12.3 Å². The van der Waals surface area contributed by atoms with Gasteiger partial charge in [0.1, 0.15) is 5.69 Å². The molecule has 0 bridgehead atoms. The minimum Gasteiger partial charge on any atom is -0.371 e. The van der Waals surface area contributed by atoms with E-state index in [1.807, 2.05) is 6.07 Å². The lowest BCUT2D eigenvalue weighted by atomic mass is 9.86. The summed E-state index contributed by atoms with van der Waals surface area (Å²) in [6.07, 6.45) is 4.09. The maximum atomic E-state index is 11.1. The molecule has 18 heavy (non-hydrogen) atoms. The van der Waals surface area contributed by atoms with Crippen molar-refractivity contribution >= 4 is 11.6 Å². The predicted octanol–water partition coefficient (Wildman–Crippen LogP) is 2.05. The van der Waals surface area contributed by atoms with Crippen molar-refractivity contribution in [2.24, 2.45) is 17.6 Å². The second-order valence-electron chi connectivity index (χ2n) is 5.33. The van der Waals surface area contributed by atoms with E-state index in [2.05, 4.69) is 23.7 Å². The number of piperidine rings is 1. The van der Waals surface area contributed by atoms with Gasteiger partial charge in [0, 0.05) is 25.0 Å². The number of aromatic nitrogens is 1. The standard InChI is InChI=1S/C14H21N3O/c1-10(2)11-4-7-17(8-5-11)12-3-6-16-13(9-12)14(15)18/h3,6,9-11H,4-5,7-8H2,1-2H3,(H2,15,18). The summed E-state index contributed by atoms with van der Waals surface area (Å²) in [5.41, 5.74) is 6.66. The fraction of sp³-hybridized carbons (Fsp3) is 0.571. The summed E-state index contributed by atoms with van der Waals surface area (Å²) >= 11 is 0. The van der Waals surface area contributed by atoms with Crippen LogP contribution in [0.3, 0.4) is 0 Å². The highest BCUT2D eigenvalue weighted by molar-refractivity contribution is 5.91. The van der Waals surface area contributed by atoms with Gasteiger partial charge in [0.15, 0.2) is 0 Å². The molecule has 2 N–H and O–H groups in total. The number of anilines is 1. The summed E-state index contributed by atoms with van der Waals surface area (Å²) in [4.78, 5) is 17.4. The second-order valence-corrected chi connectivity index (χ2v) is 5.33. The molecule has 1 aromatic heterocycles. The first-order valence-electron chi connectivity index (χ1n) is 6.58. The van der Waals surface area contributed by atoms with E-state index >= 15 is 0 Å². The highest BCUT2D eigenvalue weighted by atomic mass is 16.1. The van der Waals surface area contributed by atoms with Crippen LogP contribution in [0.2, 0.25) is 0 Å². The van der Waals surface area contributed by atoms with E-state index in [9.17, 15) is 4.79 Å². The van der Waals surface area contributed by atoms with Gasteiger partial charge in [-0.2, -0.15) is 0 Å². The zero-order chi connectivity index (χ0) is 13.1. The number of amides is 1. The summed E-state index contributed by atoms with van der Waals surface area (Å²) in [7, 11) is 0. The van der Waals surface area contributed by atoms with Crippen LogP contribution in [0.15, 0.2) is 18.3 Å². The first-order chi connectivity index (χ1) is 8.58. The Hall–Kier alpha value is -1.58. The van der Waals surface area contributed by atoms with E-state index in [1.165, 1.54) is 12.8 Å². The molecule has 2 rings (SSSR count). The van der Waals surface area contributed by atoms with Crippen LogP contribution < -0.4 is 10.6 Å². The van der Waals surface area contributed by atoms with Crippen molar-refractivity contribution < 1.29 is 4.79 Å². The molecule has 0 aromatic carbocycles. The molecule has 0 radical (unpaired) electrons. The van der Waals surface area contributed by atoms with Crippen LogP contribution in [0.5, 0.6) is 0 Å². The highest BCUT2D eigenvalue weighted by Gasteiger charge is 2.22. The van der Waals surface area contributed by atoms with Gasteiger partial charge in [-0.15, -0.1) is 0 Å². The largest absolute Gasteiger partial charge is 0.371 e. The van der Waals surface area contributed by atoms with Crippen LogP contribution in [0.25, 0.3) is 0 Å². The van der Waals surface area contributed by atoms with E-state index in [-0.39, 0.29) is 0 Å². The summed E-state index contributed by atoms with van der Waals surface area (Å²) in [5.74, 6) is 1.11. The van der Waals surface area contributed by atoms with Gasteiger partial charge in [-0.3, -0.25) is 9.78 Å². The summed E-state index contributed by atoms with van der Waals surface area (Å²) in [6.45, 7) is 6.67. The predicted molar refractivity (Wildman–Crippen MR) is 72.5 cm³/mol. The van der Waals surface area contributed by atoms with Crippen LogP contribution in [0, 0.1) is 11.8 Å². The van der Waals surface area contributed by atoms with Gasteiger partial charge in [0.2, 0.25) is 0 Å². The van der Waals surface area contributed by atoms with E-state index in [4.69, 9.17) is 5.73 Å². The second kappa shape index (κ2) is 5.38. The number of pyridine rings is 1. The van der Waals surface area contributed by atoms with Crippen molar-refractivity contribution in [3.8, 4) is 0 Å². The number of carbonyl (C=O) groups excluding carboxylic acids is 1. The number of nitrogens with two attached hydrogens (primary N) is 1. The van der Waals surface area contributed by atoms with Crippen LogP contribution in [0.1, 0.15) is 37.2 Å². The molecule has 4 nitrogen and oxygen atoms in total. The van der Waals surface area contributed by atoms with Crippen LogP contribution in [0.4, 0.5) is 5.69 Å². The quantitative estimate of drug-likeness (QED) is 0.889. The number of primary amides is 1. The molecule has 4 heteroatoms. The molecule has 0 aliphatic carbocycles. The fourth-order valence-corrected chi connectivity index (χ4v) is 2.58. The van der Waals surface area contributed by atoms with Crippen LogP contribution in [-0.4, -0.2) is 24.0 Å². The Balaban J connectivity index is 2.05. The van der Waals surface area contributed by atoms with Crippen molar-refractivity contribution in [2.75, 3.05) is 18.0 Å². The topological polar surface area (TPSA) is 59.2 Å². The Morgan fingerprint density at radius 2 is 2.11 bits per heavy atom. The molecule has 0 atom stereocenters. The molecule has 0 unspecified atom stereocenters. The zero-order valence-electron chi connectivity index (χ0n) is 11.1. The number of rotatable bonds is 3. The first kappa shape index (κ1) is 12.9. The zero-order valence-corrected chi connectivity index (χ0v) is 11.1. The van der Waals surface area contributed by atoms with E-state index in [0.29, 0.717) is 5.69 Å². The fourth-order valence-electron chi connectivity index (χ4n) is 2.58. The monoisotopic (exact) mass is 247 g/mol. The lowest BCUT2D eigenvalue weighted by molar-refractivity contribution is 0.0995. The Morgan fingerprint density at radius 1 is 1.44 bits per heavy atom. The third-order valence-electron chi connectivity index (χ3n) is 3.84. The van der Waals surface area contributed by atoms with Crippen LogP contribution in [-0.2, 0) is 0 Å². The van der Waals surface area contributed by atoms with Gasteiger partial charge >= 0.3 is 0 Å². The number of nitrogens with zero attached hydrogens (tertiary/aromatic N) is 2. The minimum atomic E-state index is -0.464. The van der Waals surface area contributed by atoms with E-state index in [0.717, 1.165) is 30.6 Å². The Labute approximate surface area is 108 Å². The van der Waals surface area contributed by atoms with Crippen molar-refractivity contribution in [3.63, 3.8) is 0 Å². The van der Waals surface area contributed by atoms with Gasteiger partial charge in [-0.25, -0.2) is 0 Å². The highest BCUT2D eigenvalue weighted by Crippen LogP contribution is 2.27. The van der Waals surface area contributed by atoms with Gasteiger partial charge in [-0.05, 0) is 36.8 Å². The molecule has 1 fully saturated rings. The molecule has 1 amide bonds. The van der Waals surface area contributed by atoms with E-state index < -0.39 is 5.91 Å². The Morgan fingerprint density at radius 3 is 2.67 bits per heavy atom. The Bertz CT molecular complexity index is 423. The lowest BCUT2D eigenvalue weighted by Crippen LogP contribution is -2.35. The molecule has 98 valence electrons. The average molecular weight is 247 g/mol. The number of hydrogen-bond acceptors (Lipinski definition) is 3. The van der Waals surface area contributed by atoms with Gasteiger partial charge in [0.25, 0.3) is 5.91 Å². The van der Waals surface area contributed by atoms with Crippen molar-refractivity contribution in [1.82, 2.24) is 4.98 Å². The van der Waals surface area contributed by atoms with Crippen molar-refractivity contribution in [2.45, 2.75) is 26.7 Å². The lowest BCUT2D eigenvalue weighted by Gasteiger charge is -2.35. The normalized spacial score (nSPS) is 17.2. The first-order valence-corrected chi connectivity index (χ1v) is 6.58. The third kappa shape index (κ3) is 2.81. The summed E-state index contributed by atoms with van der Waals surface area (Å²) in [5, 5.41) is 0. The molecule has 2 heterocycles. The number of carbonyl (C=O) groups is 1. The maximum Gasteiger partial charge on any atom is 0.267 e. The number of hydrogen-bond donors (Lipinski definition) is 1. The Kier molecular flexibility index (Phi) is 3.84. The van der Waals surface area contributed by atoms with Crippen molar-refractivity contribution in [3.05, 3.63) is 24.0 Å².